The highest BCUT2D eigenvalue weighted by Crippen LogP contribution is 2.36. The lowest BCUT2D eigenvalue weighted by atomic mass is 9.99. The predicted octanol–water partition coefficient (Wildman–Crippen LogP) is 1.09. The molecule has 0 spiro atoms. The van der Waals surface area contributed by atoms with Crippen molar-refractivity contribution in [1.29, 1.82) is 0 Å². The average molecular weight is 237 g/mol. The van der Waals surface area contributed by atoms with Gasteiger partial charge in [0.05, 0.1) is 18.8 Å². The number of ether oxygens (including phenoxy) is 1. The molecule has 0 aromatic carbocycles. The Labute approximate surface area is 99.0 Å². The fourth-order valence-corrected chi connectivity index (χ4v) is 3.36. The molecule has 3 rings (SSSR count). The maximum Gasteiger partial charge on any atom is 0.143 e. The van der Waals surface area contributed by atoms with Crippen LogP contribution in [0.4, 0.5) is 0 Å². The molecule has 0 aliphatic carbocycles. The fourth-order valence-electron chi connectivity index (χ4n) is 2.31. The van der Waals surface area contributed by atoms with Crippen LogP contribution in [0.3, 0.4) is 0 Å². The minimum Gasteiger partial charge on any atom is -0.381 e. The second-order valence-corrected chi connectivity index (χ2v) is 5.26. The molecular weight excluding hydrogens is 222 g/mol. The van der Waals surface area contributed by atoms with E-state index in [-0.39, 0.29) is 0 Å². The lowest BCUT2D eigenvalue weighted by molar-refractivity contribution is 0.193. The Bertz CT molecular complexity index is 404. The fraction of sp³-hybridized carbons (Fsp3) is 0.636. The molecule has 1 aromatic heterocycles. The van der Waals surface area contributed by atoms with Gasteiger partial charge in [-0.2, -0.15) is 0 Å². The summed E-state index contributed by atoms with van der Waals surface area (Å²) >= 11 is 1.82. The Morgan fingerprint density at radius 1 is 1.44 bits per heavy atom. The Morgan fingerprint density at radius 2 is 2.38 bits per heavy atom. The van der Waals surface area contributed by atoms with Crippen LogP contribution < -0.4 is 5.73 Å². The average Bonchev–Trinajstić information content (AvgIpc) is 2.98. The number of fused-ring (bicyclic) bond motifs is 1. The van der Waals surface area contributed by atoms with Gasteiger partial charge in [-0.25, -0.2) is 9.97 Å². The third-order valence-electron chi connectivity index (χ3n) is 3.14. The first-order valence-corrected chi connectivity index (χ1v) is 6.67. The number of hydrogen-bond acceptors (Lipinski definition) is 5. The van der Waals surface area contributed by atoms with E-state index in [9.17, 15) is 0 Å². The summed E-state index contributed by atoms with van der Waals surface area (Å²) in [5.41, 5.74) is 8.19. The third kappa shape index (κ3) is 1.73. The molecule has 0 radical (unpaired) electrons. The SMILES string of the molecule is NCc1nc2c(c(C3CCOC3)n1)CCS2. The van der Waals surface area contributed by atoms with Crippen LogP contribution in [0, 0.1) is 0 Å². The number of hydrogen-bond donors (Lipinski definition) is 1. The molecule has 3 heterocycles. The molecule has 86 valence electrons. The largest absolute Gasteiger partial charge is 0.381 e. The van der Waals surface area contributed by atoms with Crippen LogP contribution in [0.25, 0.3) is 0 Å². The van der Waals surface area contributed by atoms with E-state index >= 15 is 0 Å². The van der Waals surface area contributed by atoms with Gasteiger partial charge in [0, 0.05) is 23.8 Å². The van der Waals surface area contributed by atoms with Gasteiger partial charge in [-0.15, -0.1) is 11.8 Å². The van der Waals surface area contributed by atoms with Crippen molar-refractivity contribution in [2.24, 2.45) is 5.73 Å². The highest BCUT2D eigenvalue weighted by atomic mass is 32.2. The molecule has 4 nitrogen and oxygen atoms in total. The van der Waals surface area contributed by atoms with Crippen molar-refractivity contribution in [3.63, 3.8) is 0 Å². The van der Waals surface area contributed by atoms with E-state index < -0.39 is 0 Å². The maximum atomic E-state index is 5.65. The summed E-state index contributed by atoms with van der Waals surface area (Å²) in [6, 6.07) is 0. The van der Waals surface area contributed by atoms with Crippen molar-refractivity contribution in [2.75, 3.05) is 19.0 Å². The lowest BCUT2D eigenvalue weighted by Gasteiger charge is -2.13. The summed E-state index contributed by atoms with van der Waals surface area (Å²) in [6.45, 7) is 2.08. The van der Waals surface area contributed by atoms with Gasteiger partial charge in [0.2, 0.25) is 0 Å². The first-order valence-electron chi connectivity index (χ1n) is 5.69. The van der Waals surface area contributed by atoms with Crippen LogP contribution >= 0.6 is 11.8 Å². The van der Waals surface area contributed by atoms with Gasteiger partial charge in [0.25, 0.3) is 0 Å². The second kappa shape index (κ2) is 4.31. The number of rotatable bonds is 2. The quantitative estimate of drug-likeness (QED) is 0.780. The summed E-state index contributed by atoms with van der Waals surface area (Å²) in [5.74, 6) is 2.36. The standard InChI is InChI=1S/C11H15N3OS/c12-5-9-13-10(7-1-3-15-6-7)8-2-4-16-11(8)14-9/h7H,1-6,12H2. The Kier molecular flexibility index (Phi) is 2.83. The lowest BCUT2D eigenvalue weighted by Crippen LogP contribution is -2.12. The predicted molar refractivity (Wildman–Crippen MR) is 62.5 cm³/mol. The van der Waals surface area contributed by atoms with E-state index in [0.29, 0.717) is 12.5 Å². The molecule has 1 fully saturated rings. The number of nitrogens with two attached hydrogens (primary N) is 1. The molecule has 1 saturated heterocycles. The van der Waals surface area contributed by atoms with Crippen molar-refractivity contribution in [3.8, 4) is 0 Å². The zero-order valence-electron chi connectivity index (χ0n) is 9.11. The summed E-state index contributed by atoms with van der Waals surface area (Å²) in [4.78, 5) is 9.11. The molecule has 2 aliphatic heterocycles. The van der Waals surface area contributed by atoms with E-state index in [1.54, 1.807) is 0 Å². The van der Waals surface area contributed by atoms with E-state index in [4.69, 9.17) is 10.5 Å². The van der Waals surface area contributed by atoms with E-state index in [0.717, 1.165) is 42.7 Å². The van der Waals surface area contributed by atoms with E-state index in [2.05, 4.69) is 9.97 Å². The second-order valence-electron chi connectivity index (χ2n) is 4.17. The van der Waals surface area contributed by atoms with Gasteiger partial charge < -0.3 is 10.5 Å². The van der Waals surface area contributed by atoms with Gasteiger partial charge in [0.1, 0.15) is 10.9 Å². The minimum atomic E-state index is 0.425. The molecule has 2 N–H and O–H groups in total. The number of nitrogens with zero attached hydrogens (tertiary/aromatic N) is 2. The van der Waals surface area contributed by atoms with E-state index in [1.807, 2.05) is 11.8 Å². The third-order valence-corrected chi connectivity index (χ3v) is 4.16. The topological polar surface area (TPSA) is 61.0 Å². The zero-order valence-corrected chi connectivity index (χ0v) is 9.92. The minimum absolute atomic E-state index is 0.425. The van der Waals surface area contributed by atoms with Crippen molar-refractivity contribution >= 4 is 11.8 Å². The van der Waals surface area contributed by atoms with Crippen LogP contribution in [0.2, 0.25) is 0 Å². The summed E-state index contributed by atoms with van der Waals surface area (Å²) < 4.78 is 5.45. The smallest absolute Gasteiger partial charge is 0.143 e. The van der Waals surface area contributed by atoms with Gasteiger partial charge in [0.15, 0.2) is 0 Å². The summed E-state index contributed by atoms with van der Waals surface area (Å²) in [6.07, 6.45) is 2.18. The normalized spacial score (nSPS) is 23.7. The molecular formula is C11H15N3OS. The molecule has 5 heteroatoms. The molecule has 0 saturated carbocycles. The first kappa shape index (κ1) is 10.5. The van der Waals surface area contributed by atoms with E-state index in [1.165, 1.54) is 11.3 Å². The Morgan fingerprint density at radius 3 is 3.12 bits per heavy atom. The molecule has 2 aliphatic rings. The van der Waals surface area contributed by atoms with Crippen molar-refractivity contribution in [2.45, 2.75) is 30.3 Å². The summed E-state index contributed by atoms with van der Waals surface area (Å²) in [5, 5.41) is 1.15. The summed E-state index contributed by atoms with van der Waals surface area (Å²) in [7, 11) is 0. The maximum absolute atomic E-state index is 5.65. The van der Waals surface area contributed by atoms with Crippen LogP contribution in [-0.2, 0) is 17.7 Å². The van der Waals surface area contributed by atoms with Gasteiger partial charge >= 0.3 is 0 Å². The van der Waals surface area contributed by atoms with Crippen molar-refractivity contribution in [3.05, 3.63) is 17.1 Å². The van der Waals surface area contributed by atoms with Crippen molar-refractivity contribution < 1.29 is 4.74 Å². The Balaban J connectivity index is 2.04. The molecule has 1 aromatic rings. The van der Waals surface area contributed by atoms with Crippen LogP contribution in [0.15, 0.2) is 5.03 Å². The highest BCUT2D eigenvalue weighted by Gasteiger charge is 2.27. The first-order chi connectivity index (χ1) is 7.88. The van der Waals surface area contributed by atoms with Gasteiger partial charge in [-0.05, 0) is 12.8 Å². The van der Waals surface area contributed by atoms with Gasteiger partial charge in [-0.3, -0.25) is 0 Å². The molecule has 1 atom stereocenters. The van der Waals surface area contributed by atoms with Crippen LogP contribution in [0.1, 0.15) is 29.4 Å². The Hall–Kier alpha value is -0.650. The molecule has 16 heavy (non-hydrogen) atoms. The number of thioether (sulfide) groups is 1. The van der Waals surface area contributed by atoms with Crippen LogP contribution in [-0.4, -0.2) is 28.9 Å². The molecule has 0 bridgehead atoms. The monoisotopic (exact) mass is 237 g/mol. The zero-order chi connectivity index (χ0) is 11.0. The van der Waals surface area contributed by atoms with Crippen molar-refractivity contribution in [1.82, 2.24) is 9.97 Å². The number of aromatic nitrogens is 2. The molecule has 0 amide bonds. The van der Waals surface area contributed by atoms with Crippen LogP contribution in [0.5, 0.6) is 0 Å². The molecule has 1 unspecified atom stereocenters. The highest BCUT2D eigenvalue weighted by molar-refractivity contribution is 7.99. The van der Waals surface area contributed by atoms with Gasteiger partial charge in [-0.1, -0.05) is 0 Å².